The van der Waals surface area contributed by atoms with E-state index in [2.05, 4.69) is 0 Å². The van der Waals surface area contributed by atoms with E-state index in [0.717, 1.165) is 0 Å². The summed E-state index contributed by atoms with van der Waals surface area (Å²) in [5.41, 5.74) is -6.73. The van der Waals surface area contributed by atoms with Gasteiger partial charge in [-0.1, -0.05) is 54.6 Å². The van der Waals surface area contributed by atoms with Gasteiger partial charge in [0.25, 0.3) is 0 Å². The fraction of sp³-hybridized carbons (Fsp3) is 0.167. The molecule has 0 bridgehead atoms. The Morgan fingerprint density at radius 2 is 0.686 bits per heavy atom. The Hall–Kier alpha value is -4.71. The van der Waals surface area contributed by atoms with Crippen molar-refractivity contribution >= 4 is 23.8 Å². The maximum absolute atomic E-state index is 14.2. The van der Waals surface area contributed by atoms with Gasteiger partial charge in [0.05, 0.1) is 36.5 Å². The van der Waals surface area contributed by atoms with E-state index in [-0.39, 0.29) is 51.2 Å². The summed E-state index contributed by atoms with van der Waals surface area (Å²) in [6.45, 7) is 0. The minimum atomic E-state index is -5.39. The summed E-state index contributed by atoms with van der Waals surface area (Å²) >= 11 is 0. The highest BCUT2D eigenvalue weighted by molar-refractivity contribution is 7.80. The molecule has 0 radical (unpaired) electrons. The average molecular weight is 747 g/mol. The molecule has 0 fully saturated rings. The third kappa shape index (κ3) is 7.96. The van der Waals surface area contributed by atoms with E-state index in [9.17, 15) is 52.7 Å². The summed E-state index contributed by atoms with van der Waals surface area (Å²) in [5, 5.41) is -1.81. The van der Waals surface area contributed by atoms with Gasteiger partial charge in [-0.25, -0.2) is 0 Å². The first-order valence-electron chi connectivity index (χ1n) is 14.5. The minimum absolute atomic E-state index is 0.0545. The van der Waals surface area contributed by atoms with Crippen LogP contribution in [-0.2, 0) is 24.7 Å². The molecule has 0 aliphatic rings. The monoisotopic (exact) mass is 746 g/mol. The minimum Gasteiger partial charge on any atom is -0.496 e. The quantitative estimate of drug-likeness (QED) is 0.122. The molecule has 2 nitrogen and oxygen atoms in total. The molecule has 51 heavy (non-hydrogen) atoms. The number of alkyl halides is 12. The first kappa shape index (κ1) is 37.5. The molecule has 0 unspecified atom stereocenters. The van der Waals surface area contributed by atoms with Crippen LogP contribution in [0.2, 0.25) is 0 Å². The zero-order valence-electron chi connectivity index (χ0n) is 26.1. The maximum Gasteiger partial charge on any atom is 0.416 e. The molecule has 0 spiro atoms. The van der Waals surface area contributed by atoms with Gasteiger partial charge in [0.2, 0.25) is 0 Å². The number of hydrogen-bond acceptors (Lipinski definition) is 2. The van der Waals surface area contributed by atoms with Crippen molar-refractivity contribution in [3.8, 4) is 33.8 Å². The fourth-order valence-electron chi connectivity index (χ4n) is 5.50. The van der Waals surface area contributed by atoms with Crippen LogP contribution < -0.4 is 25.4 Å². The molecule has 0 aliphatic carbocycles. The molecule has 268 valence electrons. The Morgan fingerprint density at radius 1 is 0.392 bits per heavy atom. The molecule has 5 aromatic rings. The number of halogens is 12. The summed E-state index contributed by atoms with van der Waals surface area (Å²) in [6, 6.07) is 17.3. The predicted octanol–water partition coefficient (Wildman–Crippen LogP) is 10.9. The molecule has 0 saturated carbocycles. The number of rotatable bonds is 7. The van der Waals surface area contributed by atoms with Crippen molar-refractivity contribution in [2.24, 2.45) is 0 Å². The number of benzene rings is 5. The van der Waals surface area contributed by atoms with Crippen LogP contribution in [0.3, 0.4) is 0 Å². The lowest BCUT2D eigenvalue weighted by Crippen LogP contribution is -2.28. The van der Waals surface area contributed by atoms with Crippen molar-refractivity contribution in [3.05, 3.63) is 125 Å². The highest BCUT2D eigenvalue weighted by Crippen LogP contribution is 2.48. The van der Waals surface area contributed by atoms with Crippen LogP contribution in [0.15, 0.2) is 103 Å². The molecule has 0 aromatic heterocycles. The van der Waals surface area contributed by atoms with Crippen LogP contribution >= 0.6 is 7.92 Å². The summed E-state index contributed by atoms with van der Waals surface area (Å²) in [5.74, 6) is 0.289. The molecular weight excluding hydrogens is 723 g/mol. The smallest absolute Gasteiger partial charge is 0.416 e. The Kier molecular flexibility index (Phi) is 10.1. The van der Waals surface area contributed by atoms with Gasteiger partial charge in [-0.15, -0.1) is 0 Å². The predicted molar refractivity (Wildman–Crippen MR) is 169 cm³/mol. The van der Waals surface area contributed by atoms with Gasteiger partial charge in [-0.3, -0.25) is 0 Å². The molecule has 0 amide bonds. The fourth-order valence-corrected chi connectivity index (χ4v) is 8.25. The molecular formula is C36H23F12O2P. The third-order valence-electron chi connectivity index (χ3n) is 7.72. The molecule has 5 aromatic carbocycles. The summed E-state index contributed by atoms with van der Waals surface area (Å²) in [6.07, 6.45) is -21.6. The van der Waals surface area contributed by atoms with Crippen molar-refractivity contribution in [1.29, 1.82) is 0 Å². The Morgan fingerprint density at radius 3 is 0.980 bits per heavy atom. The first-order chi connectivity index (χ1) is 23.7. The van der Waals surface area contributed by atoms with Crippen LogP contribution in [0.4, 0.5) is 52.7 Å². The molecule has 0 heterocycles. The second-order valence-corrected chi connectivity index (χ2v) is 13.1. The summed E-state index contributed by atoms with van der Waals surface area (Å²) in [4.78, 5) is 0. The number of hydrogen-bond donors (Lipinski definition) is 0. The molecule has 0 aliphatic heterocycles. The normalized spacial score (nSPS) is 12.7. The molecule has 0 atom stereocenters. The number of methoxy groups -OCH3 is 2. The van der Waals surface area contributed by atoms with Gasteiger partial charge in [0.1, 0.15) is 11.5 Å². The van der Waals surface area contributed by atoms with Gasteiger partial charge >= 0.3 is 24.7 Å². The van der Waals surface area contributed by atoms with E-state index in [1.165, 1.54) is 68.8 Å². The summed E-state index contributed by atoms with van der Waals surface area (Å²) in [7, 11) is -0.586. The van der Waals surface area contributed by atoms with Crippen LogP contribution in [0.25, 0.3) is 22.3 Å². The number of ether oxygens (including phenoxy) is 2. The van der Waals surface area contributed by atoms with Crippen molar-refractivity contribution in [1.82, 2.24) is 0 Å². The SMILES string of the molecule is COc1ccccc1-c1cccc(-c2ccccc2OC)c1P(c1cc(C(F)(F)F)cc(C(F)(F)F)c1)c1cc(C(F)(F)F)cc(C(F)(F)F)c1. The standard InChI is InChI=1S/C36H23F12O2P/c1-49-30-12-5-3-8-26(30)28-10-7-11-29(27-9-4-6-13-31(27)50-2)32(28)51(24-16-20(33(37,38)39)14-21(17-24)34(40,41)42)25-18-22(35(43,44)45)15-23(19-25)36(46,47)48/h3-19H,1-2H3. The van der Waals surface area contributed by atoms with Crippen molar-refractivity contribution in [2.75, 3.05) is 14.2 Å². The maximum atomic E-state index is 14.2. The van der Waals surface area contributed by atoms with E-state index < -0.39 is 65.5 Å². The zero-order valence-corrected chi connectivity index (χ0v) is 27.0. The van der Waals surface area contributed by atoms with E-state index in [4.69, 9.17) is 9.47 Å². The Labute approximate surface area is 284 Å². The lowest BCUT2D eigenvalue weighted by molar-refractivity contribution is -0.144. The van der Waals surface area contributed by atoms with E-state index in [1.807, 2.05) is 0 Å². The van der Waals surface area contributed by atoms with Crippen molar-refractivity contribution < 1.29 is 62.2 Å². The largest absolute Gasteiger partial charge is 0.496 e. The third-order valence-corrected chi connectivity index (χ3v) is 10.2. The van der Waals surface area contributed by atoms with Gasteiger partial charge in [-0.2, -0.15) is 52.7 Å². The van der Waals surface area contributed by atoms with Crippen LogP contribution in [0.1, 0.15) is 22.3 Å². The van der Waals surface area contributed by atoms with Crippen LogP contribution in [-0.4, -0.2) is 14.2 Å². The molecule has 0 saturated heterocycles. The summed E-state index contributed by atoms with van der Waals surface area (Å²) < 4.78 is 182. The average Bonchev–Trinajstić information content (AvgIpc) is 3.06. The zero-order chi connectivity index (χ0) is 37.5. The lowest BCUT2D eigenvalue weighted by atomic mass is 9.97. The van der Waals surface area contributed by atoms with Gasteiger partial charge < -0.3 is 9.47 Å². The van der Waals surface area contributed by atoms with Crippen LogP contribution in [0.5, 0.6) is 11.5 Å². The second-order valence-electron chi connectivity index (χ2n) is 11.0. The van der Waals surface area contributed by atoms with Gasteiger partial charge in [0, 0.05) is 16.4 Å². The van der Waals surface area contributed by atoms with E-state index >= 15 is 0 Å². The van der Waals surface area contributed by atoms with Gasteiger partial charge in [0.15, 0.2) is 0 Å². The molecule has 15 heteroatoms. The van der Waals surface area contributed by atoms with Crippen molar-refractivity contribution in [3.63, 3.8) is 0 Å². The van der Waals surface area contributed by atoms with E-state index in [1.54, 1.807) is 12.1 Å². The van der Waals surface area contributed by atoms with Gasteiger partial charge in [-0.05, 0) is 78.2 Å². The van der Waals surface area contributed by atoms with Crippen molar-refractivity contribution in [2.45, 2.75) is 24.7 Å². The Bertz CT molecular complexity index is 1840. The van der Waals surface area contributed by atoms with E-state index in [0.29, 0.717) is 24.3 Å². The lowest BCUT2D eigenvalue weighted by Gasteiger charge is -2.29. The Balaban J connectivity index is 2.07. The highest BCUT2D eigenvalue weighted by Gasteiger charge is 2.41. The number of para-hydroxylation sites is 2. The van der Waals surface area contributed by atoms with Crippen LogP contribution in [0, 0.1) is 0 Å². The molecule has 5 rings (SSSR count). The highest BCUT2D eigenvalue weighted by atomic mass is 31.1. The topological polar surface area (TPSA) is 18.5 Å². The first-order valence-corrected chi connectivity index (χ1v) is 15.9. The molecule has 0 N–H and O–H groups in total. The second kappa shape index (κ2) is 13.8.